The van der Waals surface area contributed by atoms with E-state index in [0.29, 0.717) is 0 Å². The topological polar surface area (TPSA) is 32.3 Å². The summed E-state index contributed by atoms with van der Waals surface area (Å²) in [5.41, 5.74) is 4.02. The molecule has 0 bridgehead atoms. The molecule has 2 heterocycles. The molecule has 0 unspecified atom stereocenters. The van der Waals surface area contributed by atoms with Gasteiger partial charge in [-0.05, 0) is 12.1 Å². The van der Waals surface area contributed by atoms with Crippen LogP contribution in [0.2, 0.25) is 0 Å². The maximum atomic E-state index is 11.3. The molecule has 0 fully saturated rings. The van der Waals surface area contributed by atoms with Gasteiger partial charge in [-0.3, -0.25) is 9.69 Å². The van der Waals surface area contributed by atoms with Crippen LogP contribution in [0.5, 0.6) is 0 Å². The normalized spacial score (nSPS) is 15.1. The van der Waals surface area contributed by atoms with Crippen LogP contribution in [-0.2, 0) is 4.79 Å². The highest BCUT2D eigenvalue weighted by molar-refractivity contribution is 5.93. The fourth-order valence-electron chi connectivity index (χ4n) is 2.71. The van der Waals surface area contributed by atoms with Crippen LogP contribution in [-0.4, -0.2) is 11.3 Å². The van der Waals surface area contributed by atoms with E-state index in [9.17, 15) is 4.79 Å². The third kappa shape index (κ3) is 1.50. The molecule has 4 rings (SSSR count). The average Bonchev–Trinajstić information content (AvgIpc) is 2.52. The summed E-state index contributed by atoms with van der Waals surface area (Å²) in [7, 11) is 0. The smallest absolute Gasteiger partial charge is 0.218 e. The summed E-state index contributed by atoms with van der Waals surface area (Å²) in [6.07, 6.45) is 4.76. The number of fused-ring (bicyclic) bond motifs is 3. The van der Waals surface area contributed by atoms with Gasteiger partial charge in [0.05, 0.1) is 11.4 Å². The van der Waals surface area contributed by atoms with Gasteiger partial charge in [-0.25, -0.2) is 0 Å². The summed E-state index contributed by atoms with van der Waals surface area (Å²) in [5, 5.41) is 5.60. The van der Waals surface area contributed by atoms with Crippen molar-refractivity contribution >= 4 is 30.1 Å². The quantitative estimate of drug-likeness (QED) is 0.788. The molecule has 1 N–H and O–H groups in total. The van der Waals surface area contributed by atoms with Crippen molar-refractivity contribution in [2.75, 3.05) is 5.32 Å². The molecule has 0 saturated heterocycles. The molecule has 20 heavy (non-hydrogen) atoms. The van der Waals surface area contributed by atoms with Gasteiger partial charge >= 0.3 is 0 Å². The van der Waals surface area contributed by atoms with Crippen molar-refractivity contribution in [3.05, 3.63) is 70.2 Å². The molecular formula is C17H12N2O. The van der Waals surface area contributed by atoms with Crippen molar-refractivity contribution < 1.29 is 4.79 Å². The molecule has 0 radical (unpaired) electrons. The minimum absolute atomic E-state index is 0.845. The lowest BCUT2D eigenvalue weighted by atomic mass is 10.0. The first-order chi connectivity index (χ1) is 9.86. The van der Waals surface area contributed by atoms with Crippen LogP contribution >= 0.6 is 0 Å². The first-order valence-electron chi connectivity index (χ1n) is 6.50. The number of nitrogens with one attached hydrogen (secondary N) is 1. The molecule has 3 heteroatoms. The van der Waals surface area contributed by atoms with E-state index >= 15 is 0 Å². The van der Waals surface area contributed by atoms with E-state index in [0.717, 1.165) is 39.5 Å². The Balaban J connectivity index is 2.08. The van der Waals surface area contributed by atoms with Crippen LogP contribution in [0.4, 0.5) is 5.69 Å². The largest absolute Gasteiger partial charge is 0.353 e. The fraction of sp³-hybridized carbons (Fsp3) is 0. The molecule has 1 amide bonds. The zero-order valence-corrected chi connectivity index (χ0v) is 10.7. The molecule has 2 aromatic carbocycles. The van der Waals surface area contributed by atoms with Crippen LogP contribution in [0.1, 0.15) is 5.56 Å². The van der Waals surface area contributed by atoms with Crippen molar-refractivity contribution in [1.82, 2.24) is 4.90 Å². The Kier molecular flexibility index (Phi) is 2.27. The SMILES string of the molecule is O=CN1C=c2ccccc2=C2Nc3ccccc3C=C21. The van der Waals surface area contributed by atoms with Crippen molar-refractivity contribution in [3.8, 4) is 0 Å². The summed E-state index contributed by atoms with van der Waals surface area (Å²) >= 11 is 0. The molecule has 0 aliphatic carbocycles. The number of benzene rings is 2. The van der Waals surface area contributed by atoms with Gasteiger partial charge < -0.3 is 5.32 Å². The number of anilines is 1. The van der Waals surface area contributed by atoms with E-state index in [4.69, 9.17) is 0 Å². The van der Waals surface area contributed by atoms with E-state index < -0.39 is 0 Å². The number of amides is 1. The second-order valence-corrected chi connectivity index (χ2v) is 4.85. The van der Waals surface area contributed by atoms with E-state index in [2.05, 4.69) is 11.4 Å². The van der Waals surface area contributed by atoms with Gasteiger partial charge in [-0.15, -0.1) is 0 Å². The minimum Gasteiger partial charge on any atom is -0.353 e. The molecule has 3 nitrogen and oxygen atoms in total. The predicted molar refractivity (Wildman–Crippen MR) is 79.5 cm³/mol. The monoisotopic (exact) mass is 260 g/mol. The highest BCUT2D eigenvalue weighted by Gasteiger charge is 2.21. The van der Waals surface area contributed by atoms with Crippen LogP contribution in [0.15, 0.2) is 54.2 Å². The Morgan fingerprint density at radius 2 is 1.80 bits per heavy atom. The first kappa shape index (κ1) is 11.1. The number of carbonyl (C=O) groups excluding carboxylic acids is 1. The average molecular weight is 260 g/mol. The standard InChI is InChI=1S/C17H12N2O/c20-11-19-10-13-6-1-3-7-14(13)17-16(19)9-12-5-2-4-8-15(12)18-17/h1-11,18H. The third-order valence-corrected chi connectivity index (χ3v) is 3.67. The Bertz CT molecular complexity index is 865. The van der Waals surface area contributed by atoms with Crippen molar-refractivity contribution in [1.29, 1.82) is 0 Å². The number of para-hydroxylation sites is 1. The van der Waals surface area contributed by atoms with Gasteiger partial charge in [0.25, 0.3) is 0 Å². The minimum atomic E-state index is 0.845. The molecule has 2 aromatic rings. The number of hydrogen-bond donors (Lipinski definition) is 1. The third-order valence-electron chi connectivity index (χ3n) is 3.67. The summed E-state index contributed by atoms with van der Waals surface area (Å²) in [4.78, 5) is 13.0. The van der Waals surface area contributed by atoms with E-state index in [1.165, 1.54) is 0 Å². The first-order valence-corrected chi connectivity index (χ1v) is 6.50. The van der Waals surface area contributed by atoms with E-state index in [1.807, 2.05) is 54.7 Å². The van der Waals surface area contributed by atoms with Crippen molar-refractivity contribution in [3.63, 3.8) is 0 Å². The molecule has 0 aromatic heterocycles. The van der Waals surface area contributed by atoms with Crippen LogP contribution in [0.3, 0.4) is 0 Å². The summed E-state index contributed by atoms with van der Waals surface area (Å²) in [5.74, 6) is 0. The molecule has 2 aliphatic rings. The van der Waals surface area contributed by atoms with E-state index in [1.54, 1.807) is 4.90 Å². The number of carbonyl (C=O) groups is 1. The molecule has 0 spiro atoms. The number of nitrogens with zero attached hydrogens (tertiary/aromatic N) is 1. The summed E-state index contributed by atoms with van der Waals surface area (Å²) < 4.78 is 0. The zero-order valence-electron chi connectivity index (χ0n) is 10.7. The molecule has 0 atom stereocenters. The van der Waals surface area contributed by atoms with Gasteiger partial charge in [0.2, 0.25) is 6.41 Å². The second-order valence-electron chi connectivity index (χ2n) is 4.85. The Morgan fingerprint density at radius 1 is 1.00 bits per heavy atom. The lowest BCUT2D eigenvalue weighted by Crippen LogP contribution is -2.39. The maximum absolute atomic E-state index is 11.3. The highest BCUT2D eigenvalue weighted by Crippen LogP contribution is 2.31. The van der Waals surface area contributed by atoms with Gasteiger partial charge in [0.1, 0.15) is 0 Å². The van der Waals surface area contributed by atoms with Crippen LogP contribution in [0.25, 0.3) is 18.0 Å². The molecule has 0 saturated carbocycles. The lowest BCUT2D eigenvalue weighted by molar-refractivity contribution is -0.113. The van der Waals surface area contributed by atoms with Crippen LogP contribution in [0, 0.1) is 0 Å². The zero-order chi connectivity index (χ0) is 13.5. The second kappa shape index (κ2) is 4.10. The van der Waals surface area contributed by atoms with Gasteiger partial charge in [0.15, 0.2) is 0 Å². The Morgan fingerprint density at radius 3 is 2.70 bits per heavy atom. The molecule has 2 aliphatic heterocycles. The Hall–Kier alpha value is -2.81. The lowest BCUT2D eigenvalue weighted by Gasteiger charge is -2.28. The maximum Gasteiger partial charge on any atom is 0.218 e. The highest BCUT2D eigenvalue weighted by atomic mass is 16.1. The summed E-state index contributed by atoms with van der Waals surface area (Å²) in [6.45, 7) is 0. The molecular weight excluding hydrogens is 248 g/mol. The summed E-state index contributed by atoms with van der Waals surface area (Å²) in [6, 6.07) is 16.1. The van der Waals surface area contributed by atoms with Gasteiger partial charge in [-0.1, -0.05) is 42.5 Å². The fourth-order valence-corrected chi connectivity index (χ4v) is 2.71. The van der Waals surface area contributed by atoms with Crippen LogP contribution < -0.4 is 15.8 Å². The number of hydrogen-bond acceptors (Lipinski definition) is 2. The molecule has 96 valence electrons. The van der Waals surface area contributed by atoms with Crippen molar-refractivity contribution in [2.45, 2.75) is 0 Å². The number of rotatable bonds is 1. The van der Waals surface area contributed by atoms with E-state index in [-0.39, 0.29) is 0 Å². The predicted octanol–water partition coefficient (Wildman–Crippen LogP) is 1.47. The van der Waals surface area contributed by atoms with Gasteiger partial charge in [-0.2, -0.15) is 0 Å². The van der Waals surface area contributed by atoms with Crippen molar-refractivity contribution in [2.24, 2.45) is 0 Å². The van der Waals surface area contributed by atoms with Gasteiger partial charge in [0, 0.05) is 27.9 Å². The Labute approximate surface area is 116 Å².